The summed E-state index contributed by atoms with van der Waals surface area (Å²) in [6, 6.07) is 7.64. The first kappa shape index (κ1) is 21.7. The summed E-state index contributed by atoms with van der Waals surface area (Å²) in [6.45, 7) is 4.42. The first-order chi connectivity index (χ1) is 13.1. The molecular weight excluding hydrogens is 340 g/mol. The number of amides is 1. The van der Waals surface area contributed by atoms with Gasteiger partial charge in [0.1, 0.15) is 11.4 Å². The molecule has 0 atom stereocenters. The van der Waals surface area contributed by atoms with Crippen LogP contribution in [0.25, 0.3) is 0 Å². The van der Waals surface area contributed by atoms with Crippen LogP contribution in [0.4, 0.5) is 5.69 Å². The van der Waals surface area contributed by atoms with Gasteiger partial charge in [0.25, 0.3) is 5.91 Å². The molecule has 1 fully saturated rings. The average Bonchev–Trinajstić information content (AvgIpc) is 2.91. The monoisotopic (exact) mass is 376 g/mol. The molecule has 0 aromatic heterocycles. The minimum Gasteiger partial charge on any atom is -0.494 e. The number of carbonyl (C=O) groups is 1. The zero-order chi connectivity index (χ0) is 19.5. The molecule has 0 spiro atoms. The van der Waals surface area contributed by atoms with Gasteiger partial charge >= 0.3 is 0 Å². The molecule has 0 saturated heterocycles. The van der Waals surface area contributed by atoms with Crippen LogP contribution >= 0.6 is 0 Å². The third-order valence-corrected chi connectivity index (χ3v) is 5.04. The Morgan fingerprint density at radius 2 is 1.74 bits per heavy atom. The second-order valence-electron chi connectivity index (χ2n) is 7.74. The molecule has 0 bridgehead atoms. The molecular formula is C22H36N2O3. The molecule has 0 radical (unpaired) electrons. The Morgan fingerprint density at radius 3 is 2.33 bits per heavy atom. The van der Waals surface area contributed by atoms with Crippen LogP contribution in [0.15, 0.2) is 24.3 Å². The van der Waals surface area contributed by atoms with Crippen molar-refractivity contribution in [3.63, 3.8) is 0 Å². The predicted octanol–water partition coefficient (Wildman–Crippen LogP) is 4.48. The van der Waals surface area contributed by atoms with E-state index in [-0.39, 0.29) is 5.91 Å². The number of hydrogen-bond donors (Lipinski definition) is 1. The molecule has 1 amide bonds. The molecule has 1 aromatic carbocycles. The van der Waals surface area contributed by atoms with Crippen LogP contribution < -0.4 is 10.1 Å². The van der Waals surface area contributed by atoms with Crippen LogP contribution in [0.2, 0.25) is 0 Å². The molecule has 5 heteroatoms. The first-order valence-corrected chi connectivity index (χ1v) is 10.4. The van der Waals surface area contributed by atoms with Crippen LogP contribution in [-0.2, 0) is 9.53 Å². The Labute approximate surface area is 164 Å². The van der Waals surface area contributed by atoms with Crippen molar-refractivity contribution in [1.29, 1.82) is 0 Å². The zero-order valence-corrected chi connectivity index (χ0v) is 17.3. The molecule has 0 unspecified atom stereocenters. The fraction of sp³-hybridized carbons (Fsp3) is 0.682. The van der Waals surface area contributed by atoms with Crippen LogP contribution in [0, 0.1) is 0 Å². The van der Waals surface area contributed by atoms with Gasteiger partial charge in [-0.05, 0) is 64.0 Å². The number of nitrogens with one attached hydrogen (secondary N) is 1. The summed E-state index contributed by atoms with van der Waals surface area (Å²) in [5.74, 6) is 0.829. The predicted molar refractivity (Wildman–Crippen MR) is 110 cm³/mol. The van der Waals surface area contributed by atoms with Gasteiger partial charge in [-0.25, -0.2) is 0 Å². The molecule has 152 valence electrons. The standard InChI is InChI=1S/C22H36N2O3/c1-4-17-27-22(14-7-5-6-8-15-22)21(25)23-19-10-12-20(13-11-19)26-18-9-16-24(2)3/h10-13H,4-9,14-18H2,1-3H3,(H,23,25). The number of hydrogen-bond acceptors (Lipinski definition) is 4. The Balaban J connectivity index is 1.92. The van der Waals surface area contributed by atoms with Gasteiger partial charge in [0, 0.05) is 18.8 Å². The van der Waals surface area contributed by atoms with Gasteiger partial charge in [-0.2, -0.15) is 0 Å². The third-order valence-electron chi connectivity index (χ3n) is 5.04. The molecule has 1 aliphatic carbocycles. The van der Waals surface area contributed by atoms with E-state index in [1.807, 2.05) is 24.3 Å². The minimum absolute atomic E-state index is 0.00231. The number of rotatable bonds is 10. The maximum Gasteiger partial charge on any atom is 0.256 e. The third kappa shape index (κ3) is 7.15. The molecule has 1 aromatic rings. The summed E-state index contributed by atoms with van der Waals surface area (Å²) in [5.41, 5.74) is 0.123. The Morgan fingerprint density at radius 1 is 1.07 bits per heavy atom. The van der Waals surface area contributed by atoms with Crippen molar-refractivity contribution in [2.45, 2.75) is 63.9 Å². The lowest BCUT2D eigenvalue weighted by molar-refractivity contribution is -0.143. The van der Waals surface area contributed by atoms with Crippen molar-refractivity contribution in [3.05, 3.63) is 24.3 Å². The maximum atomic E-state index is 13.0. The summed E-state index contributed by atoms with van der Waals surface area (Å²) in [5, 5.41) is 3.07. The van der Waals surface area contributed by atoms with Gasteiger partial charge in [-0.3, -0.25) is 4.79 Å². The van der Waals surface area contributed by atoms with E-state index in [0.29, 0.717) is 13.2 Å². The topological polar surface area (TPSA) is 50.8 Å². The molecule has 27 heavy (non-hydrogen) atoms. The van der Waals surface area contributed by atoms with Crippen molar-refractivity contribution in [2.75, 3.05) is 39.2 Å². The van der Waals surface area contributed by atoms with E-state index < -0.39 is 5.60 Å². The highest BCUT2D eigenvalue weighted by Crippen LogP contribution is 2.32. The van der Waals surface area contributed by atoms with E-state index in [4.69, 9.17) is 9.47 Å². The van der Waals surface area contributed by atoms with E-state index in [1.54, 1.807) is 0 Å². The summed E-state index contributed by atoms with van der Waals surface area (Å²) >= 11 is 0. The number of ether oxygens (including phenoxy) is 2. The molecule has 1 N–H and O–H groups in total. The van der Waals surface area contributed by atoms with Gasteiger partial charge in [0.2, 0.25) is 0 Å². The van der Waals surface area contributed by atoms with Gasteiger partial charge in [-0.1, -0.05) is 32.6 Å². The quantitative estimate of drug-likeness (QED) is 0.483. The summed E-state index contributed by atoms with van der Waals surface area (Å²) in [7, 11) is 4.12. The smallest absolute Gasteiger partial charge is 0.256 e. The zero-order valence-electron chi connectivity index (χ0n) is 17.3. The Bertz CT molecular complexity index is 549. The minimum atomic E-state index is -0.673. The van der Waals surface area contributed by atoms with E-state index >= 15 is 0 Å². The van der Waals surface area contributed by atoms with Crippen LogP contribution in [0.1, 0.15) is 58.3 Å². The molecule has 1 aliphatic rings. The highest BCUT2D eigenvalue weighted by Gasteiger charge is 2.39. The van der Waals surface area contributed by atoms with Gasteiger partial charge in [-0.15, -0.1) is 0 Å². The number of anilines is 1. The van der Waals surface area contributed by atoms with Crippen molar-refractivity contribution in [2.24, 2.45) is 0 Å². The van der Waals surface area contributed by atoms with Crippen LogP contribution in [0.5, 0.6) is 5.75 Å². The Hall–Kier alpha value is -1.59. The second kappa shape index (κ2) is 11.3. The average molecular weight is 377 g/mol. The van der Waals surface area contributed by atoms with Crippen LogP contribution in [-0.4, -0.2) is 50.3 Å². The largest absolute Gasteiger partial charge is 0.494 e. The van der Waals surface area contributed by atoms with Crippen LogP contribution in [0.3, 0.4) is 0 Å². The van der Waals surface area contributed by atoms with Crippen molar-refractivity contribution >= 4 is 11.6 Å². The molecule has 2 rings (SSSR count). The maximum absolute atomic E-state index is 13.0. The van der Waals surface area contributed by atoms with E-state index in [9.17, 15) is 4.79 Å². The highest BCUT2D eigenvalue weighted by molar-refractivity contribution is 5.97. The van der Waals surface area contributed by atoms with Gasteiger partial charge in [0.05, 0.1) is 6.61 Å². The number of nitrogens with zero attached hydrogens (tertiary/aromatic N) is 1. The fourth-order valence-electron chi connectivity index (χ4n) is 3.48. The molecule has 5 nitrogen and oxygen atoms in total. The highest BCUT2D eigenvalue weighted by atomic mass is 16.5. The summed E-state index contributed by atoms with van der Waals surface area (Å²) in [4.78, 5) is 15.2. The van der Waals surface area contributed by atoms with E-state index in [1.165, 1.54) is 12.8 Å². The lowest BCUT2D eigenvalue weighted by Gasteiger charge is -2.31. The first-order valence-electron chi connectivity index (χ1n) is 10.4. The van der Waals surface area contributed by atoms with E-state index in [0.717, 1.165) is 56.5 Å². The van der Waals surface area contributed by atoms with Gasteiger partial charge < -0.3 is 19.7 Å². The summed E-state index contributed by atoms with van der Waals surface area (Å²) < 4.78 is 11.9. The van der Waals surface area contributed by atoms with Crippen molar-refractivity contribution in [1.82, 2.24) is 4.90 Å². The van der Waals surface area contributed by atoms with Gasteiger partial charge in [0.15, 0.2) is 0 Å². The lowest BCUT2D eigenvalue weighted by atomic mass is 9.92. The fourth-order valence-corrected chi connectivity index (χ4v) is 3.48. The lowest BCUT2D eigenvalue weighted by Crippen LogP contribution is -2.45. The second-order valence-corrected chi connectivity index (χ2v) is 7.74. The molecule has 1 saturated carbocycles. The summed E-state index contributed by atoms with van der Waals surface area (Å²) in [6.07, 6.45) is 8.01. The molecule has 0 heterocycles. The van der Waals surface area contributed by atoms with E-state index in [2.05, 4.69) is 31.2 Å². The SMILES string of the molecule is CCCOC1(C(=O)Nc2ccc(OCCCN(C)C)cc2)CCCCCC1. The normalized spacial score (nSPS) is 16.7. The number of benzene rings is 1. The van der Waals surface area contributed by atoms with Crippen molar-refractivity contribution < 1.29 is 14.3 Å². The Kier molecular flexibility index (Phi) is 9.08. The molecule has 0 aliphatic heterocycles. The van der Waals surface area contributed by atoms with Crippen molar-refractivity contribution in [3.8, 4) is 5.75 Å². The number of carbonyl (C=O) groups excluding carboxylic acids is 1.